The van der Waals surface area contributed by atoms with Gasteiger partial charge in [-0.3, -0.25) is 9.20 Å². The fourth-order valence-corrected chi connectivity index (χ4v) is 3.11. The summed E-state index contributed by atoms with van der Waals surface area (Å²) >= 11 is 0. The Hall–Kier alpha value is -1.84. The van der Waals surface area contributed by atoms with Crippen LogP contribution in [0.25, 0.3) is 5.65 Å². The zero-order chi connectivity index (χ0) is 14.7. The van der Waals surface area contributed by atoms with Gasteiger partial charge in [0.15, 0.2) is 0 Å². The van der Waals surface area contributed by atoms with E-state index in [0.29, 0.717) is 0 Å². The second-order valence-electron chi connectivity index (χ2n) is 5.79. The minimum absolute atomic E-state index is 0.152. The Morgan fingerprint density at radius 3 is 2.67 bits per heavy atom. The van der Waals surface area contributed by atoms with Gasteiger partial charge in [-0.1, -0.05) is 32.3 Å². The zero-order valence-corrected chi connectivity index (χ0v) is 12.7. The first-order valence-corrected chi connectivity index (χ1v) is 8.06. The van der Waals surface area contributed by atoms with E-state index in [1.165, 1.54) is 12.8 Å². The number of fused-ring (bicyclic) bond motifs is 1. The number of carbonyl (C=O) groups is 1. The fourth-order valence-electron chi connectivity index (χ4n) is 3.11. The lowest BCUT2D eigenvalue weighted by Gasteiger charge is -2.20. The van der Waals surface area contributed by atoms with Gasteiger partial charge in [0.2, 0.25) is 0 Å². The molecule has 3 rings (SSSR count). The Morgan fingerprint density at radius 1 is 1.19 bits per heavy atom. The van der Waals surface area contributed by atoms with Crippen molar-refractivity contribution in [1.82, 2.24) is 14.3 Å². The number of aromatic nitrogens is 2. The summed E-state index contributed by atoms with van der Waals surface area (Å²) in [6.45, 7) is 3.89. The van der Waals surface area contributed by atoms with E-state index in [-0.39, 0.29) is 5.91 Å². The lowest BCUT2D eigenvalue weighted by molar-refractivity contribution is 0.0753. The van der Waals surface area contributed by atoms with E-state index < -0.39 is 0 Å². The van der Waals surface area contributed by atoms with Crippen LogP contribution in [0.1, 0.15) is 55.2 Å². The molecule has 2 aromatic rings. The number of amides is 1. The van der Waals surface area contributed by atoms with Crippen molar-refractivity contribution in [1.29, 1.82) is 0 Å². The van der Waals surface area contributed by atoms with Crippen molar-refractivity contribution in [3.63, 3.8) is 0 Å². The first kappa shape index (κ1) is 14.1. The van der Waals surface area contributed by atoms with Gasteiger partial charge in [-0.15, -0.1) is 0 Å². The molecule has 4 nitrogen and oxygen atoms in total. The van der Waals surface area contributed by atoms with Crippen LogP contribution in [0.4, 0.5) is 0 Å². The topological polar surface area (TPSA) is 37.6 Å². The monoisotopic (exact) mass is 285 g/mol. The van der Waals surface area contributed by atoms with Gasteiger partial charge in [-0.2, -0.15) is 0 Å². The average molecular weight is 285 g/mol. The molecule has 0 aromatic carbocycles. The molecule has 0 bridgehead atoms. The number of rotatable bonds is 3. The molecular weight excluding hydrogens is 262 g/mol. The third kappa shape index (κ3) is 2.80. The molecule has 112 valence electrons. The van der Waals surface area contributed by atoms with Gasteiger partial charge in [0.05, 0.1) is 5.69 Å². The molecular formula is C17H23N3O. The van der Waals surface area contributed by atoms with Crippen LogP contribution in [0.2, 0.25) is 0 Å². The molecule has 1 saturated heterocycles. The minimum atomic E-state index is 0.152. The second-order valence-corrected chi connectivity index (χ2v) is 5.79. The van der Waals surface area contributed by atoms with Gasteiger partial charge in [-0.05, 0) is 31.4 Å². The smallest absolute Gasteiger partial charge is 0.272 e. The van der Waals surface area contributed by atoms with E-state index in [9.17, 15) is 4.79 Å². The van der Waals surface area contributed by atoms with Crippen molar-refractivity contribution in [2.45, 2.75) is 45.4 Å². The third-order valence-electron chi connectivity index (χ3n) is 4.18. The van der Waals surface area contributed by atoms with Gasteiger partial charge >= 0.3 is 0 Å². The summed E-state index contributed by atoms with van der Waals surface area (Å²) in [5, 5.41) is 0. The van der Waals surface area contributed by atoms with Crippen LogP contribution in [0.5, 0.6) is 0 Å². The van der Waals surface area contributed by atoms with E-state index in [4.69, 9.17) is 0 Å². The molecule has 1 aliphatic rings. The molecule has 0 N–H and O–H groups in total. The van der Waals surface area contributed by atoms with Gasteiger partial charge in [0, 0.05) is 19.3 Å². The third-order valence-corrected chi connectivity index (χ3v) is 4.18. The Balaban J connectivity index is 2.00. The molecule has 1 amide bonds. The molecule has 3 heterocycles. The van der Waals surface area contributed by atoms with Crippen LogP contribution in [0, 0.1) is 0 Å². The number of likely N-dealkylation sites (tertiary alicyclic amines) is 1. The lowest BCUT2D eigenvalue weighted by Crippen LogP contribution is -2.33. The molecule has 4 heteroatoms. The summed E-state index contributed by atoms with van der Waals surface area (Å²) in [5.41, 5.74) is 2.59. The highest BCUT2D eigenvalue weighted by molar-refractivity contribution is 5.94. The Kier molecular flexibility index (Phi) is 4.23. The molecule has 0 aliphatic carbocycles. The fraction of sp³-hybridized carbons (Fsp3) is 0.529. The van der Waals surface area contributed by atoms with Crippen LogP contribution in [-0.2, 0) is 6.42 Å². The molecule has 1 aliphatic heterocycles. The maximum Gasteiger partial charge on any atom is 0.272 e. The lowest BCUT2D eigenvalue weighted by atomic mass is 10.2. The first-order valence-electron chi connectivity index (χ1n) is 8.06. The molecule has 0 spiro atoms. The van der Waals surface area contributed by atoms with Crippen molar-refractivity contribution >= 4 is 11.6 Å². The van der Waals surface area contributed by atoms with E-state index in [0.717, 1.165) is 55.8 Å². The van der Waals surface area contributed by atoms with E-state index in [1.54, 1.807) is 0 Å². The first-order chi connectivity index (χ1) is 10.3. The van der Waals surface area contributed by atoms with E-state index in [2.05, 4.69) is 11.9 Å². The predicted octanol–water partition coefficient (Wildman–Crippen LogP) is 3.30. The normalized spacial score (nSPS) is 16.1. The number of hydrogen-bond donors (Lipinski definition) is 0. The summed E-state index contributed by atoms with van der Waals surface area (Å²) in [6.07, 6.45) is 8.52. The number of nitrogens with zero attached hydrogens (tertiary/aromatic N) is 3. The van der Waals surface area contributed by atoms with E-state index in [1.807, 2.05) is 33.7 Å². The predicted molar refractivity (Wildman–Crippen MR) is 83.6 cm³/mol. The van der Waals surface area contributed by atoms with Gasteiger partial charge in [-0.25, -0.2) is 4.98 Å². The highest BCUT2D eigenvalue weighted by atomic mass is 16.2. The second kappa shape index (κ2) is 6.29. The van der Waals surface area contributed by atoms with Crippen LogP contribution in [0.3, 0.4) is 0 Å². The molecule has 0 atom stereocenters. The van der Waals surface area contributed by atoms with Gasteiger partial charge in [0.25, 0.3) is 5.91 Å². The maximum atomic E-state index is 13.0. The summed E-state index contributed by atoms with van der Waals surface area (Å²) in [6, 6.07) is 5.90. The summed E-state index contributed by atoms with van der Waals surface area (Å²) in [4.78, 5) is 19.7. The zero-order valence-electron chi connectivity index (χ0n) is 12.7. The Labute approximate surface area is 125 Å². The Morgan fingerprint density at radius 2 is 1.95 bits per heavy atom. The summed E-state index contributed by atoms with van der Waals surface area (Å²) in [7, 11) is 0. The average Bonchev–Trinajstić information content (AvgIpc) is 2.68. The number of carbonyl (C=O) groups excluding carboxylic acids is 1. The van der Waals surface area contributed by atoms with Crippen LogP contribution < -0.4 is 0 Å². The Bertz CT molecular complexity index is 624. The standard InChI is InChI=1S/C17H23N3O/c1-2-9-14-16(20-13-8-5-10-15(20)18-14)17(21)19-11-6-3-4-7-12-19/h5,8,10,13H,2-4,6-7,9,11-12H2,1H3. The largest absolute Gasteiger partial charge is 0.337 e. The van der Waals surface area contributed by atoms with Gasteiger partial charge < -0.3 is 4.90 Å². The number of imidazole rings is 1. The summed E-state index contributed by atoms with van der Waals surface area (Å²) in [5.74, 6) is 0.152. The van der Waals surface area contributed by atoms with E-state index >= 15 is 0 Å². The van der Waals surface area contributed by atoms with Crippen molar-refractivity contribution < 1.29 is 4.79 Å². The summed E-state index contributed by atoms with van der Waals surface area (Å²) < 4.78 is 1.96. The van der Waals surface area contributed by atoms with Crippen molar-refractivity contribution in [3.05, 3.63) is 35.8 Å². The van der Waals surface area contributed by atoms with Crippen LogP contribution in [0.15, 0.2) is 24.4 Å². The molecule has 2 aromatic heterocycles. The quantitative estimate of drug-likeness (QED) is 0.867. The SMILES string of the molecule is CCCc1nc2ccccn2c1C(=O)N1CCCCCC1. The van der Waals surface area contributed by atoms with Gasteiger partial charge in [0.1, 0.15) is 11.3 Å². The number of aryl methyl sites for hydroxylation is 1. The van der Waals surface area contributed by atoms with Crippen molar-refractivity contribution in [2.75, 3.05) is 13.1 Å². The number of hydrogen-bond acceptors (Lipinski definition) is 2. The molecule has 21 heavy (non-hydrogen) atoms. The molecule has 0 radical (unpaired) electrons. The highest BCUT2D eigenvalue weighted by Gasteiger charge is 2.24. The molecule has 0 unspecified atom stereocenters. The maximum absolute atomic E-state index is 13.0. The van der Waals surface area contributed by atoms with Crippen molar-refractivity contribution in [3.8, 4) is 0 Å². The minimum Gasteiger partial charge on any atom is -0.337 e. The highest BCUT2D eigenvalue weighted by Crippen LogP contribution is 2.19. The number of pyridine rings is 1. The van der Waals surface area contributed by atoms with Crippen molar-refractivity contribution in [2.24, 2.45) is 0 Å². The molecule has 1 fully saturated rings. The van der Waals surface area contributed by atoms with Crippen LogP contribution in [-0.4, -0.2) is 33.3 Å². The van der Waals surface area contributed by atoms with Crippen LogP contribution >= 0.6 is 0 Å². The molecule has 0 saturated carbocycles.